The van der Waals surface area contributed by atoms with Crippen molar-refractivity contribution in [2.24, 2.45) is 0 Å². The highest BCUT2D eigenvalue weighted by atomic mass is 19.3. The summed E-state index contributed by atoms with van der Waals surface area (Å²) >= 11 is 0. The summed E-state index contributed by atoms with van der Waals surface area (Å²) in [5.74, 6) is 0.151. The van der Waals surface area contributed by atoms with E-state index in [0.717, 1.165) is 18.1 Å². The lowest BCUT2D eigenvalue weighted by molar-refractivity contribution is -0.128. The van der Waals surface area contributed by atoms with Gasteiger partial charge in [-0.05, 0) is 17.7 Å². The molecule has 0 spiro atoms. The molecule has 150 valence electrons. The summed E-state index contributed by atoms with van der Waals surface area (Å²) in [7, 11) is 1.79. The predicted molar refractivity (Wildman–Crippen MR) is 107 cm³/mol. The van der Waals surface area contributed by atoms with Crippen molar-refractivity contribution in [3.05, 3.63) is 47.3 Å². The number of alkyl halides is 2. The number of halogens is 2. The molecule has 9 heteroatoms. The predicted octanol–water partition coefficient (Wildman–Crippen LogP) is 2.60. The van der Waals surface area contributed by atoms with Gasteiger partial charge in [-0.3, -0.25) is 10.2 Å². The van der Waals surface area contributed by atoms with Gasteiger partial charge in [0.15, 0.2) is 0 Å². The zero-order chi connectivity index (χ0) is 20.7. The number of carbonyl (C=O) groups excluding carboxylic acids is 1. The normalized spacial score (nSPS) is 14.8. The summed E-state index contributed by atoms with van der Waals surface area (Å²) < 4.78 is 24.5. The number of nitrogens with one attached hydrogen (secondary N) is 5. The Morgan fingerprint density at radius 2 is 1.96 bits per heavy atom. The van der Waals surface area contributed by atoms with Crippen LogP contribution in [0.5, 0.6) is 0 Å². The molecular weight excluding hydrogens is 366 g/mol. The van der Waals surface area contributed by atoms with E-state index < -0.39 is 6.55 Å². The maximum absolute atomic E-state index is 12.3. The molecule has 0 radical (unpaired) electrons. The van der Waals surface area contributed by atoms with Crippen LogP contribution in [0.4, 0.5) is 14.5 Å². The van der Waals surface area contributed by atoms with Crippen molar-refractivity contribution in [1.29, 1.82) is 10.8 Å². The van der Waals surface area contributed by atoms with Gasteiger partial charge in [-0.15, -0.1) is 0 Å². The molecule has 0 bridgehead atoms. The van der Waals surface area contributed by atoms with Gasteiger partial charge < -0.3 is 26.3 Å². The van der Waals surface area contributed by atoms with E-state index in [9.17, 15) is 13.6 Å². The number of anilines is 1. The molecule has 2 rings (SSSR count). The summed E-state index contributed by atoms with van der Waals surface area (Å²) in [5.41, 5.74) is 3.18. The van der Waals surface area contributed by atoms with E-state index >= 15 is 0 Å². The third-order valence-corrected chi connectivity index (χ3v) is 4.40. The molecule has 1 heterocycles. The third-order valence-electron chi connectivity index (χ3n) is 4.40. The highest BCUT2D eigenvalue weighted by molar-refractivity contribution is 6.09. The maximum atomic E-state index is 12.3. The van der Waals surface area contributed by atoms with Crippen LogP contribution < -0.4 is 16.0 Å². The van der Waals surface area contributed by atoms with E-state index in [1.165, 1.54) is 6.92 Å². The van der Waals surface area contributed by atoms with Crippen LogP contribution in [-0.2, 0) is 4.79 Å². The van der Waals surface area contributed by atoms with Gasteiger partial charge in [0, 0.05) is 61.9 Å². The molecule has 5 N–H and O–H groups in total. The second kappa shape index (κ2) is 9.63. The number of nitrogens with zero attached hydrogens (tertiary/aromatic N) is 1. The van der Waals surface area contributed by atoms with E-state index in [4.69, 9.17) is 10.8 Å². The lowest BCUT2D eigenvalue weighted by Gasteiger charge is -2.30. The maximum Gasteiger partial charge on any atom is 0.312 e. The van der Waals surface area contributed by atoms with Crippen molar-refractivity contribution in [1.82, 2.24) is 15.5 Å². The standard InChI is InChI=1S/C19H24F2N6O/c1-12(28)27-8-7-17(24-2)16(11-27)18(23)26-15-5-3-13(4-6-15)14(9-22)10-25-19(20)21/h3-6,9-10,19,22,24-25H,7-8,11H2,1-2H3,(H2,23,26)/b14-10+,22-9?. The minimum atomic E-state index is -2.70. The van der Waals surface area contributed by atoms with Crippen LogP contribution in [0, 0.1) is 10.8 Å². The number of allylic oxidation sites excluding steroid dienone is 1. The van der Waals surface area contributed by atoms with Gasteiger partial charge in [0.05, 0.1) is 6.54 Å². The average Bonchev–Trinajstić information content (AvgIpc) is 2.68. The molecule has 1 aromatic carbocycles. The minimum absolute atomic E-state index is 0.0341. The van der Waals surface area contributed by atoms with Crippen molar-refractivity contribution >= 4 is 29.2 Å². The van der Waals surface area contributed by atoms with Crippen LogP contribution >= 0.6 is 0 Å². The molecule has 0 aliphatic carbocycles. The second-order valence-electron chi connectivity index (χ2n) is 6.19. The molecule has 28 heavy (non-hydrogen) atoms. The Kier molecular flexibility index (Phi) is 7.25. The number of benzene rings is 1. The van der Waals surface area contributed by atoms with Gasteiger partial charge in [-0.2, -0.15) is 8.78 Å². The Bertz CT molecular complexity index is 801. The number of amidine groups is 1. The summed E-state index contributed by atoms with van der Waals surface area (Å²) in [6.07, 6.45) is 2.73. The summed E-state index contributed by atoms with van der Waals surface area (Å²) in [5, 5.41) is 23.7. The monoisotopic (exact) mass is 390 g/mol. The van der Waals surface area contributed by atoms with Crippen molar-refractivity contribution in [2.45, 2.75) is 19.9 Å². The van der Waals surface area contributed by atoms with Crippen LogP contribution in [0.1, 0.15) is 18.9 Å². The van der Waals surface area contributed by atoms with Crippen molar-refractivity contribution in [3.8, 4) is 0 Å². The number of rotatable bonds is 7. The highest BCUT2D eigenvalue weighted by Crippen LogP contribution is 2.20. The first-order valence-electron chi connectivity index (χ1n) is 8.72. The molecule has 0 saturated carbocycles. The Balaban J connectivity index is 2.13. The molecule has 0 unspecified atom stereocenters. The average molecular weight is 390 g/mol. The number of amides is 1. The largest absolute Gasteiger partial charge is 0.391 e. The van der Waals surface area contributed by atoms with Crippen LogP contribution in [0.2, 0.25) is 0 Å². The zero-order valence-corrected chi connectivity index (χ0v) is 15.8. The molecule has 7 nitrogen and oxygen atoms in total. The molecule has 1 aliphatic heterocycles. The van der Waals surface area contributed by atoms with Gasteiger partial charge in [0.1, 0.15) is 5.84 Å². The zero-order valence-electron chi connectivity index (χ0n) is 15.8. The third kappa shape index (κ3) is 5.38. The Morgan fingerprint density at radius 3 is 2.50 bits per heavy atom. The molecule has 1 aliphatic rings. The minimum Gasteiger partial charge on any atom is -0.391 e. The first kappa shape index (κ1) is 21.1. The van der Waals surface area contributed by atoms with Gasteiger partial charge >= 0.3 is 6.55 Å². The SMILES string of the molecule is CNC1=C(C(=N)Nc2ccc(/C(C=N)=C/NC(F)F)cc2)CN(C(C)=O)CC1. The van der Waals surface area contributed by atoms with Crippen molar-refractivity contribution in [2.75, 3.05) is 25.5 Å². The molecule has 0 atom stereocenters. The molecule has 0 fully saturated rings. The fourth-order valence-corrected chi connectivity index (χ4v) is 2.86. The van der Waals surface area contributed by atoms with Gasteiger partial charge in [0.2, 0.25) is 5.91 Å². The Morgan fingerprint density at radius 1 is 1.29 bits per heavy atom. The summed E-state index contributed by atoms with van der Waals surface area (Å²) in [6, 6.07) is 6.76. The second-order valence-corrected chi connectivity index (χ2v) is 6.19. The van der Waals surface area contributed by atoms with Crippen LogP contribution in [-0.4, -0.2) is 49.5 Å². The number of hydrogen-bond acceptors (Lipinski definition) is 5. The summed E-state index contributed by atoms with van der Waals surface area (Å²) in [4.78, 5) is 13.3. The van der Waals surface area contributed by atoms with Crippen molar-refractivity contribution < 1.29 is 13.6 Å². The Hall–Kier alpha value is -3.23. The van der Waals surface area contributed by atoms with Crippen LogP contribution in [0.3, 0.4) is 0 Å². The van der Waals surface area contributed by atoms with Gasteiger partial charge in [-0.1, -0.05) is 12.1 Å². The van der Waals surface area contributed by atoms with E-state index in [1.54, 1.807) is 36.2 Å². The Labute approximate surface area is 162 Å². The number of hydrogen-bond donors (Lipinski definition) is 5. The quantitative estimate of drug-likeness (QED) is 0.280. The molecular formula is C19H24F2N6O. The molecule has 0 aromatic heterocycles. The molecule has 1 amide bonds. The smallest absolute Gasteiger partial charge is 0.312 e. The molecule has 0 saturated heterocycles. The van der Waals surface area contributed by atoms with E-state index in [-0.39, 0.29) is 11.7 Å². The highest BCUT2D eigenvalue weighted by Gasteiger charge is 2.23. The van der Waals surface area contributed by atoms with Crippen LogP contribution in [0.25, 0.3) is 5.57 Å². The lowest BCUT2D eigenvalue weighted by Crippen LogP contribution is -2.40. The first-order chi connectivity index (χ1) is 13.3. The van der Waals surface area contributed by atoms with Crippen molar-refractivity contribution in [3.63, 3.8) is 0 Å². The topological polar surface area (TPSA) is 104 Å². The fourth-order valence-electron chi connectivity index (χ4n) is 2.86. The van der Waals surface area contributed by atoms with Gasteiger partial charge in [0.25, 0.3) is 0 Å². The fraction of sp³-hybridized carbons (Fsp3) is 0.316. The first-order valence-corrected chi connectivity index (χ1v) is 8.72. The van der Waals surface area contributed by atoms with E-state index in [0.29, 0.717) is 41.9 Å². The summed E-state index contributed by atoms with van der Waals surface area (Å²) in [6.45, 7) is -0.219. The lowest BCUT2D eigenvalue weighted by atomic mass is 10.0. The van der Waals surface area contributed by atoms with E-state index in [1.807, 2.05) is 5.32 Å². The van der Waals surface area contributed by atoms with Crippen LogP contribution in [0.15, 0.2) is 41.7 Å². The molecule has 1 aromatic rings. The van der Waals surface area contributed by atoms with Gasteiger partial charge in [-0.25, -0.2) is 0 Å². The number of carbonyl (C=O) groups is 1. The van der Waals surface area contributed by atoms with E-state index in [2.05, 4.69) is 10.6 Å².